The summed E-state index contributed by atoms with van der Waals surface area (Å²) in [4.78, 5) is 75.2. The number of aliphatic hydroxyl groups is 13. The Morgan fingerprint density at radius 1 is 0.733 bits per heavy atom. The van der Waals surface area contributed by atoms with Crippen LogP contribution in [0.15, 0.2) is 24.3 Å². The van der Waals surface area contributed by atoms with E-state index in [1.807, 2.05) is 0 Å². The maximum absolute atomic E-state index is 13.1. The van der Waals surface area contributed by atoms with Gasteiger partial charge < -0.3 is 132 Å². The molecular weight excluding hydrogens is 1020 g/mol. The number of amides is 4. The predicted octanol–water partition coefficient (Wildman–Crippen LogP) is -10.1. The van der Waals surface area contributed by atoms with Crippen LogP contribution in [0.5, 0.6) is 0 Å². The first kappa shape index (κ1) is 62.6. The van der Waals surface area contributed by atoms with Crippen LogP contribution in [0.25, 0.3) is 0 Å². The highest BCUT2D eigenvalue weighted by Gasteiger charge is 2.61. The monoisotopic (exact) mass is 1090 g/mol. The number of aliphatic carboxylic acids is 2. The SMILES string of the molecule is CC(=O)N[C@H]1[C@H]([C@@H](O)[C@H](O)CO)O[C@@](OC[C@@H](O)[C@H](O)[C@H](O[C@@H]2O[C@H](CO)[C@H](O)[C@H](O[C@]3(C(=O)O)C[C@H](O)[C@@H](NC(C)=O)[C@H]([C@H](O)[C@H](O)CO)O3)[C@H]2O)[C@H](CNc2ccccc2C(N)=O)NC(C)=O)(C(=O)O)C[C@@H]1O. The third-order valence-electron chi connectivity index (χ3n) is 12.5. The Labute approximate surface area is 425 Å². The van der Waals surface area contributed by atoms with Crippen molar-refractivity contribution in [2.45, 2.75) is 161 Å². The molecule has 4 amide bonds. The van der Waals surface area contributed by atoms with E-state index in [0.29, 0.717) is 0 Å². The summed E-state index contributed by atoms with van der Waals surface area (Å²) in [7, 11) is 0. The number of rotatable bonds is 26. The first-order chi connectivity index (χ1) is 35.1. The molecule has 0 aliphatic carbocycles. The molecule has 3 fully saturated rings. The van der Waals surface area contributed by atoms with Crippen LogP contribution in [-0.4, -0.2) is 273 Å². The minimum atomic E-state index is -3.26. The average Bonchev–Trinajstić information content (AvgIpc) is 3.35. The molecule has 75 heavy (non-hydrogen) atoms. The van der Waals surface area contributed by atoms with Gasteiger partial charge in [0.2, 0.25) is 17.7 Å². The number of hydrogen-bond acceptors (Lipinski definition) is 26. The molecule has 1 aromatic rings. The van der Waals surface area contributed by atoms with E-state index >= 15 is 0 Å². The second kappa shape index (κ2) is 26.9. The molecule has 32 nitrogen and oxygen atoms in total. The number of nitrogens with one attached hydrogen (secondary N) is 4. The molecular formula is C43H67N5O27. The molecule has 0 saturated carbocycles. The maximum atomic E-state index is 13.1. The van der Waals surface area contributed by atoms with E-state index in [2.05, 4.69) is 21.3 Å². The highest BCUT2D eigenvalue weighted by Crippen LogP contribution is 2.39. The van der Waals surface area contributed by atoms with Gasteiger partial charge in [-0.3, -0.25) is 19.2 Å². The van der Waals surface area contributed by atoms with Gasteiger partial charge in [0.25, 0.3) is 17.5 Å². The lowest BCUT2D eigenvalue weighted by Crippen LogP contribution is -2.70. The lowest BCUT2D eigenvalue weighted by atomic mass is 9.88. The first-order valence-corrected chi connectivity index (χ1v) is 23.1. The van der Waals surface area contributed by atoms with Gasteiger partial charge in [0.15, 0.2) is 6.29 Å². The lowest BCUT2D eigenvalue weighted by Gasteiger charge is -2.50. The topological polar surface area (TPSA) is 535 Å². The Morgan fingerprint density at radius 3 is 1.71 bits per heavy atom. The Balaban J connectivity index is 1.79. The van der Waals surface area contributed by atoms with Gasteiger partial charge in [-0.1, -0.05) is 12.1 Å². The van der Waals surface area contributed by atoms with Crippen molar-refractivity contribution in [1.29, 1.82) is 0 Å². The number of nitrogens with two attached hydrogens (primary N) is 1. The quantitative estimate of drug-likeness (QED) is 0.0410. The van der Waals surface area contributed by atoms with Crippen LogP contribution < -0.4 is 27.0 Å². The van der Waals surface area contributed by atoms with E-state index in [4.69, 9.17) is 34.2 Å². The molecule has 0 bridgehead atoms. The van der Waals surface area contributed by atoms with Crippen molar-refractivity contribution in [2.75, 3.05) is 38.3 Å². The Hall–Kier alpha value is -4.92. The molecule has 21 atom stereocenters. The molecule has 21 N–H and O–H groups in total. The summed E-state index contributed by atoms with van der Waals surface area (Å²) >= 11 is 0. The molecule has 1 aromatic carbocycles. The van der Waals surface area contributed by atoms with Gasteiger partial charge in [-0.2, -0.15) is 0 Å². The third kappa shape index (κ3) is 15.0. The summed E-state index contributed by atoms with van der Waals surface area (Å²) < 4.78 is 34.1. The number of hydrogen-bond donors (Lipinski definition) is 20. The van der Waals surface area contributed by atoms with Crippen LogP contribution in [0, 0.1) is 0 Å². The Bertz CT molecular complexity index is 2110. The van der Waals surface area contributed by atoms with E-state index in [1.165, 1.54) is 24.3 Å². The highest BCUT2D eigenvalue weighted by molar-refractivity contribution is 5.98. The minimum Gasteiger partial charge on any atom is -0.477 e. The largest absolute Gasteiger partial charge is 0.477 e. The van der Waals surface area contributed by atoms with Crippen molar-refractivity contribution in [3.8, 4) is 0 Å². The predicted molar refractivity (Wildman–Crippen MR) is 242 cm³/mol. The van der Waals surface area contributed by atoms with E-state index in [-0.39, 0.29) is 11.3 Å². The Kier molecular flexibility index (Phi) is 22.5. The second-order valence-electron chi connectivity index (χ2n) is 18.1. The number of anilines is 1. The molecule has 3 aliphatic heterocycles. The second-order valence-corrected chi connectivity index (χ2v) is 18.1. The van der Waals surface area contributed by atoms with Crippen molar-refractivity contribution >= 4 is 41.3 Å². The Morgan fingerprint density at radius 2 is 1.24 bits per heavy atom. The zero-order chi connectivity index (χ0) is 56.4. The van der Waals surface area contributed by atoms with Crippen LogP contribution in [0.1, 0.15) is 44.0 Å². The molecule has 0 aromatic heterocycles. The highest BCUT2D eigenvalue weighted by atomic mass is 16.8. The number of carbonyl (C=O) groups excluding carboxylic acids is 4. The smallest absolute Gasteiger partial charge is 0.364 e. The van der Waals surface area contributed by atoms with E-state index < -0.39 is 209 Å². The molecule has 4 rings (SSSR count). The summed E-state index contributed by atoms with van der Waals surface area (Å²) in [5.41, 5.74) is 5.44. The van der Waals surface area contributed by atoms with Crippen LogP contribution in [-0.2, 0) is 52.4 Å². The molecule has 0 spiro atoms. The fourth-order valence-electron chi connectivity index (χ4n) is 8.74. The number of carboxylic acid groups (broad SMARTS) is 2. The number of aliphatic hydroxyl groups excluding tert-OH is 13. The minimum absolute atomic E-state index is 0.0182. The fourth-order valence-corrected chi connectivity index (χ4v) is 8.74. The molecule has 0 unspecified atom stereocenters. The van der Waals surface area contributed by atoms with Crippen LogP contribution >= 0.6 is 0 Å². The number of carbonyl (C=O) groups is 6. The molecule has 3 aliphatic rings. The zero-order valence-corrected chi connectivity index (χ0v) is 40.4. The van der Waals surface area contributed by atoms with Crippen molar-refractivity contribution in [2.24, 2.45) is 5.73 Å². The van der Waals surface area contributed by atoms with Gasteiger partial charge in [-0.25, -0.2) is 9.59 Å². The number of ether oxygens (including phenoxy) is 6. The standard InChI is InChI=1S/C43H67N5O27/c1-15(52)46-20(10-45-19-7-5-4-6-18(19)38(44)65)34(31(62)25(59)14-70-42(40(66)67)8-21(55)27(47-16(2)53)35(73-42)29(60)23(57)11-49)72-39-33(64)37(32(63)26(13-51)71-39)75-43(41(68)69)9-22(56)28(48-17(3)54)36(74-43)30(61)24(58)12-50/h4-7,20-37,39,45,49-51,55-64H,8-14H2,1-3H3,(H2,44,65)(H,46,52)(H,47,53)(H,48,54)(H,66,67)(H,68,69)/t20-,21-,22-,23+,24+,25+,26+,27+,28+,29-,30+,31-,32-,33+,34+,35+,36+,37-,39-,42+,43-/m0/s1. The van der Waals surface area contributed by atoms with Gasteiger partial charge in [0.1, 0.15) is 79.4 Å². The van der Waals surface area contributed by atoms with Gasteiger partial charge in [-0.15, -0.1) is 0 Å². The number of benzene rings is 1. The van der Waals surface area contributed by atoms with Gasteiger partial charge in [0, 0.05) is 45.8 Å². The fraction of sp³-hybridized carbons (Fsp3) is 0.721. The number of carboxylic acids is 2. The van der Waals surface area contributed by atoms with Crippen LogP contribution in [0.2, 0.25) is 0 Å². The normalized spacial score (nSPS) is 33.3. The van der Waals surface area contributed by atoms with Crippen molar-refractivity contribution in [3.63, 3.8) is 0 Å². The summed E-state index contributed by atoms with van der Waals surface area (Å²) in [6.07, 6.45) is -37.7. The number of primary amides is 1. The zero-order valence-electron chi connectivity index (χ0n) is 40.4. The molecule has 32 heteroatoms. The van der Waals surface area contributed by atoms with Gasteiger partial charge in [-0.05, 0) is 12.1 Å². The van der Waals surface area contributed by atoms with Crippen molar-refractivity contribution in [1.82, 2.24) is 16.0 Å². The summed E-state index contributed by atoms with van der Waals surface area (Å²) in [5.74, 6) is -14.0. The average molecular weight is 1090 g/mol. The van der Waals surface area contributed by atoms with Crippen LogP contribution in [0.3, 0.4) is 0 Å². The molecule has 426 valence electrons. The lowest BCUT2D eigenvalue weighted by molar-refractivity contribution is -0.375. The van der Waals surface area contributed by atoms with E-state index in [9.17, 15) is 105 Å². The van der Waals surface area contributed by atoms with E-state index in [1.54, 1.807) is 0 Å². The summed E-state index contributed by atoms with van der Waals surface area (Å²) in [5, 5.41) is 172. The van der Waals surface area contributed by atoms with Crippen molar-refractivity contribution < 1.29 is 134 Å². The van der Waals surface area contributed by atoms with Gasteiger partial charge in [0.05, 0.1) is 62.3 Å². The third-order valence-corrected chi connectivity index (χ3v) is 12.5. The van der Waals surface area contributed by atoms with Gasteiger partial charge >= 0.3 is 11.9 Å². The summed E-state index contributed by atoms with van der Waals surface area (Å²) in [6.45, 7) is -2.50. The van der Waals surface area contributed by atoms with Crippen LogP contribution in [0.4, 0.5) is 5.69 Å². The summed E-state index contributed by atoms with van der Waals surface area (Å²) in [6, 6.07) is 0.529. The number of para-hydroxylation sites is 1. The molecule has 3 heterocycles. The van der Waals surface area contributed by atoms with E-state index in [0.717, 1.165) is 20.8 Å². The maximum Gasteiger partial charge on any atom is 0.364 e. The first-order valence-electron chi connectivity index (χ1n) is 23.1. The molecule has 0 radical (unpaired) electrons. The molecule has 3 saturated heterocycles. The van der Waals surface area contributed by atoms with Crippen molar-refractivity contribution in [3.05, 3.63) is 29.8 Å².